The summed E-state index contributed by atoms with van der Waals surface area (Å²) in [5.74, 6) is -1.15. The van der Waals surface area contributed by atoms with Crippen LogP contribution in [0, 0.1) is 6.92 Å². The van der Waals surface area contributed by atoms with Crippen LogP contribution in [-0.2, 0) is 17.6 Å². The second-order valence-electron chi connectivity index (χ2n) is 7.58. The molecule has 6 nitrogen and oxygen atoms in total. The minimum absolute atomic E-state index is 0.230. The number of aromatic nitrogens is 2. The predicted octanol–water partition coefficient (Wildman–Crippen LogP) is 3.14. The van der Waals surface area contributed by atoms with Crippen molar-refractivity contribution in [2.75, 3.05) is 6.54 Å². The van der Waals surface area contributed by atoms with Crippen molar-refractivity contribution in [1.82, 2.24) is 14.7 Å². The molecule has 0 unspecified atom stereocenters. The Labute approximate surface area is 158 Å². The van der Waals surface area contributed by atoms with E-state index in [-0.39, 0.29) is 5.91 Å². The van der Waals surface area contributed by atoms with Crippen molar-refractivity contribution in [2.24, 2.45) is 0 Å². The number of nitrogens with zero attached hydrogens (tertiary/aromatic N) is 3. The van der Waals surface area contributed by atoms with Crippen molar-refractivity contribution in [1.29, 1.82) is 0 Å². The molecule has 2 heterocycles. The average molecular weight is 367 g/mol. The van der Waals surface area contributed by atoms with Gasteiger partial charge in [-0.2, -0.15) is 5.10 Å². The Morgan fingerprint density at radius 1 is 1.07 bits per heavy atom. The van der Waals surface area contributed by atoms with Crippen molar-refractivity contribution in [3.63, 3.8) is 0 Å². The first-order valence-corrected chi connectivity index (χ1v) is 9.78. The molecule has 2 aliphatic rings. The zero-order valence-electron chi connectivity index (χ0n) is 15.6. The highest BCUT2D eigenvalue weighted by Gasteiger charge is 2.36. The van der Waals surface area contributed by atoms with Gasteiger partial charge in [0.2, 0.25) is 0 Å². The zero-order valence-corrected chi connectivity index (χ0v) is 15.6. The number of piperidine rings is 1. The summed E-state index contributed by atoms with van der Waals surface area (Å²) >= 11 is 0. The monoisotopic (exact) mass is 367 g/mol. The largest absolute Gasteiger partial charge is 0.480 e. The molecule has 6 heteroatoms. The number of aryl methyl sites for hydroxylation is 1. The maximum Gasteiger partial charge on any atom is 0.326 e. The van der Waals surface area contributed by atoms with Crippen LogP contribution < -0.4 is 0 Å². The van der Waals surface area contributed by atoms with E-state index in [0.29, 0.717) is 18.7 Å². The number of rotatable bonds is 3. The van der Waals surface area contributed by atoms with Gasteiger partial charge in [-0.1, -0.05) is 17.7 Å². The van der Waals surface area contributed by atoms with E-state index in [1.807, 2.05) is 35.9 Å². The van der Waals surface area contributed by atoms with Crippen LogP contribution >= 0.6 is 0 Å². The van der Waals surface area contributed by atoms with Crippen LogP contribution in [0.2, 0.25) is 0 Å². The van der Waals surface area contributed by atoms with Crippen LogP contribution in [0.4, 0.5) is 0 Å². The number of aliphatic carboxylic acids is 1. The van der Waals surface area contributed by atoms with E-state index in [2.05, 4.69) is 0 Å². The van der Waals surface area contributed by atoms with E-state index in [1.165, 1.54) is 10.5 Å². The van der Waals surface area contributed by atoms with Gasteiger partial charge in [0.1, 0.15) is 6.04 Å². The highest BCUT2D eigenvalue weighted by molar-refractivity contribution is 5.96. The molecule has 2 aromatic rings. The SMILES string of the molecule is Cc1ccc(-n2nc(C(=O)N3CCCC[C@@H]3C(=O)O)c3c2CCCC3)cc1. The van der Waals surface area contributed by atoms with Crippen LogP contribution in [0.3, 0.4) is 0 Å². The molecule has 0 saturated carbocycles. The lowest BCUT2D eigenvalue weighted by Crippen LogP contribution is -2.48. The standard InChI is InChI=1S/C21H25N3O3/c1-14-9-11-15(12-10-14)24-17-7-3-2-6-16(17)19(22-24)20(25)23-13-5-4-8-18(23)21(26)27/h9-12,18H,2-8,13H2,1H3,(H,26,27)/t18-/m1/s1. The van der Waals surface area contributed by atoms with E-state index in [0.717, 1.165) is 55.5 Å². The van der Waals surface area contributed by atoms with Gasteiger partial charge < -0.3 is 10.0 Å². The number of hydrogen-bond acceptors (Lipinski definition) is 3. The summed E-state index contributed by atoms with van der Waals surface area (Å²) in [6.45, 7) is 2.53. The molecule has 4 rings (SSSR count). The number of carbonyl (C=O) groups excluding carboxylic acids is 1. The number of carboxylic acids is 1. The molecule has 0 spiro atoms. The summed E-state index contributed by atoms with van der Waals surface area (Å²) in [4.78, 5) is 26.4. The molecule has 1 saturated heterocycles. The van der Waals surface area contributed by atoms with Crippen molar-refractivity contribution >= 4 is 11.9 Å². The van der Waals surface area contributed by atoms with Gasteiger partial charge in [-0.3, -0.25) is 4.79 Å². The maximum absolute atomic E-state index is 13.3. The molecule has 1 aromatic heterocycles. The van der Waals surface area contributed by atoms with E-state index >= 15 is 0 Å². The van der Waals surface area contributed by atoms with Gasteiger partial charge >= 0.3 is 5.97 Å². The summed E-state index contributed by atoms with van der Waals surface area (Å²) < 4.78 is 1.89. The lowest BCUT2D eigenvalue weighted by atomic mass is 9.94. The van der Waals surface area contributed by atoms with Crippen LogP contribution in [0.1, 0.15) is 59.4 Å². The molecule has 0 bridgehead atoms. The minimum Gasteiger partial charge on any atom is -0.480 e. The van der Waals surface area contributed by atoms with Gasteiger partial charge in [-0.15, -0.1) is 0 Å². The molecule has 1 amide bonds. The van der Waals surface area contributed by atoms with Gasteiger partial charge in [0.25, 0.3) is 5.91 Å². The Bertz CT molecular complexity index is 870. The first kappa shape index (κ1) is 17.8. The van der Waals surface area contributed by atoms with Crippen molar-refractivity contribution in [3.8, 4) is 5.69 Å². The van der Waals surface area contributed by atoms with E-state index in [1.54, 1.807) is 0 Å². The highest BCUT2D eigenvalue weighted by Crippen LogP contribution is 2.29. The first-order valence-electron chi connectivity index (χ1n) is 9.78. The molecule has 1 fully saturated rings. The van der Waals surface area contributed by atoms with Gasteiger partial charge in [-0.05, 0) is 64.0 Å². The lowest BCUT2D eigenvalue weighted by Gasteiger charge is -2.32. The van der Waals surface area contributed by atoms with Gasteiger partial charge in [0.15, 0.2) is 5.69 Å². The smallest absolute Gasteiger partial charge is 0.326 e. The van der Waals surface area contributed by atoms with Crippen molar-refractivity contribution in [2.45, 2.75) is 57.9 Å². The quantitative estimate of drug-likeness (QED) is 0.904. The lowest BCUT2D eigenvalue weighted by molar-refractivity contribution is -0.143. The topological polar surface area (TPSA) is 75.4 Å². The molecular formula is C21H25N3O3. The minimum atomic E-state index is -0.921. The Kier molecular flexibility index (Phi) is 4.72. The van der Waals surface area contributed by atoms with E-state index < -0.39 is 12.0 Å². The Balaban J connectivity index is 1.75. The van der Waals surface area contributed by atoms with Gasteiger partial charge in [0.05, 0.1) is 5.69 Å². The molecule has 0 radical (unpaired) electrons. The maximum atomic E-state index is 13.3. The fourth-order valence-corrected chi connectivity index (χ4v) is 4.24. The fourth-order valence-electron chi connectivity index (χ4n) is 4.24. The molecule has 27 heavy (non-hydrogen) atoms. The fraction of sp³-hybridized carbons (Fsp3) is 0.476. The van der Waals surface area contributed by atoms with E-state index in [9.17, 15) is 14.7 Å². The summed E-state index contributed by atoms with van der Waals surface area (Å²) in [6, 6.07) is 7.38. The molecule has 1 aliphatic carbocycles. The molecule has 1 aliphatic heterocycles. The average Bonchev–Trinajstić information content (AvgIpc) is 3.08. The normalized spacial score (nSPS) is 19.6. The van der Waals surface area contributed by atoms with Crippen LogP contribution in [0.25, 0.3) is 5.69 Å². The number of benzene rings is 1. The number of hydrogen-bond donors (Lipinski definition) is 1. The van der Waals surface area contributed by atoms with Crippen LogP contribution in [-0.4, -0.2) is 44.3 Å². The van der Waals surface area contributed by atoms with Crippen molar-refractivity contribution < 1.29 is 14.7 Å². The molecule has 1 aromatic carbocycles. The van der Waals surface area contributed by atoms with Crippen LogP contribution in [0.5, 0.6) is 0 Å². The second-order valence-corrected chi connectivity index (χ2v) is 7.58. The number of fused-ring (bicyclic) bond motifs is 1. The predicted molar refractivity (Wildman–Crippen MR) is 101 cm³/mol. The Hall–Kier alpha value is -2.63. The summed E-state index contributed by atoms with van der Waals surface area (Å²) in [6.07, 6.45) is 6.05. The van der Waals surface area contributed by atoms with Gasteiger partial charge in [-0.25, -0.2) is 9.48 Å². The third-order valence-electron chi connectivity index (χ3n) is 5.71. The van der Waals surface area contributed by atoms with Crippen molar-refractivity contribution in [3.05, 3.63) is 46.8 Å². The van der Waals surface area contributed by atoms with E-state index in [4.69, 9.17) is 5.10 Å². The summed E-state index contributed by atoms with van der Waals surface area (Å²) in [5.41, 5.74) is 4.66. The van der Waals surface area contributed by atoms with Crippen LogP contribution in [0.15, 0.2) is 24.3 Å². The molecule has 1 N–H and O–H groups in total. The number of amides is 1. The zero-order chi connectivity index (χ0) is 19.0. The molecule has 1 atom stereocenters. The summed E-state index contributed by atoms with van der Waals surface area (Å²) in [5, 5.41) is 14.2. The molecule has 142 valence electrons. The summed E-state index contributed by atoms with van der Waals surface area (Å²) in [7, 11) is 0. The third-order valence-corrected chi connectivity index (χ3v) is 5.71. The Morgan fingerprint density at radius 2 is 1.81 bits per heavy atom. The second kappa shape index (κ2) is 7.18. The third kappa shape index (κ3) is 3.24. The molecular weight excluding hydrogens is 342 g/mol. The number of carbonyl (C=O) groups is 2. The first-order chi connectivity index (χ1) is 13.1. The highest BCUT2D eigenvalue weighted by atomic mass is 16.4. The number of likely N-dealkylation sites (tertiary alicyclic amines) is 1. The van der Waals surface area contributed by atoms with Gasteiger partial charge in [0, 0.05) is 17.8 Å². The number of carboxylic acid groups (broad SMARTS) is 1. The Morgan fingerprint density at radius 3 is 2.56 bits per heavy atom.